The van der Waals surface area contributed by atoms with Gasteiger partial charge in [0.1, 0.15) is 0 Å². The van der Waals surface area contributed by atoms with Crippen molar-refractivity contribution in [1.82, 2.24) is 25.5 Å². The average molecular weight is 503 g/mol. The number of benzene rings is 2. The quantitative estimate of drug-likeness (QED) is 0.224. The Hall–Kier alpha value is -3.95. The first kappa shape index (κ1) is 26.1. The minimum atomic E-state index is -1.22. The van der Waals surface area contributed by atoms with Crippen LogP contribution in [-0.4, -0.2) is 57.4 Å². The van der Waals surface area contributed by atoms with Gasteiger partial charge in [-0.2, -0.15) is 0 Å². The number of carbonyl (C=O) groups excluding carboxylic acids is 3. The number of para-hydroxylation sites is 2. The lowest BCUT2D eigenvalue weighted by Crippen LogP contribution is -2.59. The number of aromatic nitrogens is 2. The number of rotatable bonds is 9. The van der Waals surface area contributed by atoms with Crippen LogP contribution in [0.3, 0.4) is 0 Å². The summed E-state index contributed by atoms with van der Waals surface area (Å²) in [5, 5.41) is 7.52. The summed E-state index contributed by atoms with van der Waals surface area (Å²) in [4.78, 5) is 46.7. The van der Waals surface area contributed by atoms with E-state index in [9.17, 15) is 14.4 Å². The van der Waals surface area contributed by atoms with Gasteiger partial charge in [0.15, 0.2) is 0 Å². The van der Waals surface area contributed by atoms with Crippen LogP contribution in [0.15, 0.2) is 60.9 Å². The van der Waals surface area contributed by atoms with Gasteiger partial charge in [-0.1, -0.05) is 36.4 Å². The number of imide groups is 1. The molecule has 0 saturated carbocycles. The smallest absolute Gasteiger partial charge is 0.246 e. The summed E-state index contributed by atoms with van der Waals surface area (Å²) in [7, 11) is 1.78. The van der Waals surface area contributed by atoms with E-state index in [2.05, 4.69) is 20.6 Å². The Morgan fingerprint density at radius 1 is 0.919 bits per heavy atom. The van der Waals surface area contributed by atoms with E-state index in [0.717, 1.165) is 32.9 Å². The lowest BCUT2D eigenvalue weighted by molar-refractivity contribution is -0.137. The molecular weight excluding hydrogens is 468 g/mol. The maximum Gasteiger partial charge on any atom is 0.246 e. The normalized spacial score (nSPS) is 13.6. The van der Waals surface area contributed by atoms with Crippen LogP contribution < -0.4 is 16.4 Å². The third-order valence-corrected chi connectivity index (χ3v) is 6.65. The molecule has 0 radical (unpaired) electrons. The van der Waals surface area contributed by atoms with Gasteiger partial charge in [-0.25, -0.2) is 0 Å². The number of hydrogen-bond donors (Lipinski definition) is 5. The van der Waals surface area contributed by atoms with E-state index < -0.39 is 29.6 Å². The molecule has 0 aliphatic carbocycles. The van der Waals surface area contributed by atoms with E-state index in [1.54, 1.807) is 20.9 Å². The van der Waals surface area contributed by atoms with Gasteiger partial charge >= 0.3 is 0 Å². The van der Waals surface area contributed by atoms with Crippen molar-refractivity contribution in [2.75, 3.05) is 7.05 Å². The number of H-pyrrole nitrogens is 2. The number of hydrogen-bond acceptors (Lipinski definition) is 5. The summed E-state index contributed by atoms with van der Waals surface area (Å²) in [6, 6.07) is 15.0. The van der Waals surface area contributed by atoms with Crippen LogP contribution in [0.4, 0.5) is 0 Å². The number of carbonyl (C=O) groups is 3. The summed E-state index contributed by atoms with van der Waals surface area (Å²) < 4.78 is 0. The van der Waals surface area contributed by atoms with Crippen LogP contribution in [0.25, 0.3) is 21.8 Å². The minimum Gasteiger partial charge on any atom is -0.361 e. The molecule has 2 atom stereocenters. The molecule has 0 saturated heterocycles. The van der Waals surface area contributed by atoms with Crippen molar-refractivity contribution in [3.8, 4) is 0 Å². The number of fused-ring (bicyclic) bond motifs is 2. The lowest BCUT2D eigenvalue weighted by atomic mass is 10.00. The summed E-state index contributed by atoms with van der Waals surface area (Å²) in [6.07, 6.45) is 4.05. The third-order valence-electron chi connectivity index (χ3n) is 6.65. The standard InChI is InChI=1S/C28H34N6O3/c1-17(35)32-25(14-19-16-31-23-12-8-6-10-21(19)23)34(4)24(26(36)33-27(37)28(2,3)29)13-18-15-30-22-11-7-5-9-20(18)22/h5-12,15-16,24-25,30-31H,13-14,29H2,1-4H3,(H,32,35)(H,33,36,37)/t24-,25-/m1/s1. The predicted molar refractivity (Wildman–Crippen MR) is 145 cm³/mol. The van der Waals surface area contributed by atoms with Crippen LogP contribution in [0, 0.1) is 0 Å². The molecule has 0 fully saturated rings. The van der Waals surface area contributed by atoms with Crippen LogP contribution in [0.1, 0.15) is 31.9 Å². The fourth-order valence-corrected chi connectivity index (χ4v) is 4.54. The molecule has 3 amide bonds. The van der Waals surface area contributed by atoms with Crippen LogP contribution >= 0.6 is 0 Å². The number of likely N-dealkylation sites (N-methyl/N-ethyl adjacent to an activating group) is 1. The van der Waals surface area contributed by atoms with Gasteiger partial charge in [0.2, 0.25) is 17.7 Å². The number of nitrogens with zero attached hydrogens (tertiary/aromatic N) is 1. The van der Waals surface area contributed by atoms with Crippen molar-refractivity contribution in [3.63, 3.8) is 0 Å². The maximum atomic E-state index is 13.6. The number of nitrogens with two attached hydrogens (primary N) is 1. The predicted octanol–water partition coefficient (Wildman–Crippen LogP) is 2.58. The Bertz CT molecular complexity index is 1430. The number of aromatic amines is 2. The first-order chi connectivity index (χ1) is 17.5. The molecule has 4 aromatic rings. The summed E-state index contributed by atoms with van der Waals surface area (Å²) in [6.45, 7) is 4.54. The highest BCUT2D eigenvalue weighted by Crippen LogP contribution is 2.23. The molecule has 6 N–H and O–H groups in total. The SMILES string of the molecule is CC(=O)N[C@@H](Cc1c[nH]c2ccccc12)N(C)[C@H](Cc1c[nH]c2ccccc12)C(=O)NC(=O)C(C)(C)N. The molecular formula is C28H34N6O3. The Labute approximate surface area is 215 Å². The zero-order valence-corrected chi connectivity index (χ0v) is 21.6. The molecule has 194 valence electrons. The van der Waals surface area contributed by atoms with Crippen molar-refractivity contribution >= 4 is 39.5 Å². The van der Waals surface area contributed by atoms with E-state index in [1.807, 2.05) is 65.8 Å². The second-order valence-electron chi connectivity index (χ2n) is 10.1. The lowest BCUT2D eigenvalue weighted by Gasteiger charge is -2.35. The molecule has 9 nitrogen and oxygen atoms in total. The molecule has 0 aliphatic rings. The van der Waals surface area contributed by atoms with E-state index in [4.69, 9.17) is 5.73 Å². The van der Waals surface area contributed by atoms with Crippen molar-refractivity contribution in [2.24, 2.45) is 5.73 Å². The molecule has 4 rings (SSSR count). The van der Waals surface area contributed by atoms with E-state index in [-0.39, 0.29) is 5.91 Å². The van der Waals surface area contributed by atoms with Gasteiger partial charge in [-0.15, -0.1) is 0 Å². The topological polar surface area (TPSA) is 136 Å². The third kappa shape index (κ3) is 5.90. The van der Waals surface area contributed by atoms with Gasteiger partial charge < -0.3 is 21.0 Å². The monoisotopic (exact) mass is 502 g/mol. The molecule has 2 aromatic heterocycles. The summed E-state index contributed by atoms with van der Waals surface area (Å²) in [5.41, 5.74) is 8.60. The zero-order chi connectivity index (χ0) is 26.7. The summed E-state index contributed by atoms with van der Waals surface area (Å²) in [5.74, 6) is -1.27. The Morgan fingerprint density at radius 2 is 1.43 bits per heavy atom. The van der Waals surface area contributed by atoms with Crippen LogP contribution in [0.2, 0.25) is 0 Å². The van der Waals surface area contributed by atoms with Gasteiger partial charge in [-0.3, -0.25) is 24.6 Å². The Balaban J connectivity index is 1.68. The highest BCUT2D eigenvalue weighted by atomic mass is 16.2. The molecule has 0 spiro atoms. The molecule has 37 heavy (non-hydrogen) atoms. The van der Waals surface area contributed by atoms with Crippen LogP contribution in [-0.2, 0) is 27.2 Å². The molecule has 0 aliphatic heterocycles. The first-order valence-corrected chi connectivity index (χ1v) is 12.3. The number of nitrogens with one attached hydrogen (secondary N) is 4. The first-order valence-electron chi connectivity index (χ1n) is 12.3. The van der Waals surface area contributed by atoms with Gasteiger partial charge in [0.25, 0.3) is 0 Å². The molecule has 2 aromatic carbocycles. The minimum absolute atomic E-state index is 0.220. The highest BCUT2D eigenvalue weighted by molar-refractivity contribution is 6.01. The average Bonchev–Trinajstić information content (AvgIpc) is 3.45. The van der Waals surface area contributed by atoms with Crippen molar-refractivity contribution in [2.45, 2.75) is 51.4 Å². The second-order valence-corrected chi connectivity index (χ2v) is 10.1. The zero-order valence-electron chi connectivity index (χ0n) is 21.6. The van der Waals surface area contributed by atoms with E-state index in [1.165, 1.54) is 6.92 Å². The van der Waals surface area contributed by atoms with Crippen molar-refractivity contribution in [1.29, 1.82) is 0 Å². The maximum absolute atomic E-state index is 13.6. The fourth-order valence-electron chi connectivity index (χ4n) is 4.54. The van der Waals surface area contributed by atoms with Crippen molar-refractivity contribution in [3.05, 3.63) is 72.1 Å². The van der Waals surface area contributed by atoms with E-state index in [0.29, 0.717) is 12.8 Å². The fraction of sp³-hybridized carbons (Fsp3) is 0.321. The molecule has 0 unspecified atom stereocenters. The summed E-state index contributed by atoms with van der Waals surface area (Å²) >= 11 is 0. The Morgan fingerprint density at radius 3 is 1.95 bits per heavy atom. The van der Waals surface area contributed by atoms with Gasteiger partial charge in [0, 0.05) is 47.5 Å². The number of amides is 3. The van der Waals surface area contributed by atoms with Gasteiger partial charge in [0.05, 0.1) is 17.7 Å². The highest BCUT2D eigenvalue weighted by Gasteiger charge is 2.33. The second kappa shape index (κ2) is 10.6. The van der Waals surface area contributed by atoms with Crippen molar-refractivity contribution < 1.29 is 14.4 Å². The Kier molecular flexibility index (Phi) is 7.47. The van der Waals surface area contributed by atoms with E-state index >= 15 is 0 Å². The molecule has 9 heteroatoms. The van der Waals surface area contributed by atoms with Crippen LogP contribution in [0.5, 0.6) is 0 Å². The molecule has 0 bridgehead atoms. The van der Waals surface area contributed by atoms with Gasteiger partial charge in [-0.05, 0) is 50.6 Å². The molecule has 2 heterocycles. The largest absolute Gasteiger partial charge is 0.361 e.